The van der Waals surface area contributed by atoms with Crippen LogP contribution in [0.2, 0.25) is 0 Å². The van der Waals surface area contributed by atoms with Gasteiger partial charge in [0.2, 0.25) is 5.78 Å². The number of rotatable bonds is 2. The number of aryl methyl sites for hydroxylation is 2. The zero-order valence-electron chi connectivity index (χ0n) is 9.48. The molecule has 3 rings (SSSR count). The van der Waals surface area contributed by atoms with E-state index in [4.69, 9.17) is 0 Å². The van der Waals surface area contributed by atoms with Gasteiger partial charge in [-0.1, -0.05) is 30.3 Å². The Labute approximate surface area is 104 Å². The van der Waals surface area contributed by atoms with Crippen molar-refractivity contribution in [2.75, 3.05) is 0 Å². The van der Waals surface area contributed by atoms with Crippen molar-refractivity contribution in [3.8, 4) is 0 Å². The van der Waals surface area contributed by atoms with Crippen molar-refractivity contribution < 1.29 is 4.79 Å². The number of benzene rings is 1. The van der Waals surface area contributed by atoms with Gasteiger partial charge < -0.3 is 0 Å². The van der Waals surface area contributed by atoms with Crippen molar-refractivity contribution in [1.82, 2.24) is 4.98 Å². The maximum atomic E-state index is 12.2. The van der Waals surface area contributed by atoms with Crippen LogP contribution < -0.4 is 0 Å². The fraction of sp³-hybridized carbons (Fsp3) is 0.286. The summed E-state index contributed by atoms with van der Waals surface area (Å²) in [5.41, 5.74) is 1.89. The predicted octanol–water partition coefficient (Wildman–Crippen LogP) is 3.25. The number of carbonyl (C=O) groups excluding carboxylic acids is 1. The van der Waals surface area contributed by atoms with E-state index in [1.54, 1.807) is 11.3 Å². The molecule has 2 nitrogen and oxygen atoms in total. The molecule has 3 heteroatoms. The normalized spacial score (nSPS) is 14.4. The second-order valence-electron chi connectivity index (χ2n) is 4.29. The molecule has 0 radical (unpaired) electrons. The number of thiazole rings is 1. The molecule has 17 heavy (non-hydrogen) atoms. The summed E-state index contributed by atoms with van der Waals surface area (Å²) < 4.78 is 0. The molecule has 1 aliphatic rings. The largest absolute Gasteiger partial charge is 0.286 e. The first-order chi connectivity index (χ1) is 8.34. The first kappa shape index (κ1) is 10.7. The van der Waals surface area contributed by atoms with E-state index < -0.39 is 0 Å². The summed E-state index contributed by atoms with van der Waals surface area (Å²) in [7, 11) is 0. The molecule has 1 aromatic heterocycles. The van der Waals surface area contributed by atoms with Crippen molar-refractivity contribution in [3.05, 3.63) is 51.5 Å². The van der Waals surface area contributed by atoms with Gasteiger partial charge in [0.05, 0.1) is 5.69 Å². The zero-order chi connectivity index (χ0) is 11.7. The van der Waals surface area contributed by atoms with Crippen molar-refractivity contribution in [2.24, 2.45) is 0 Å². The van der Waals surface area contributed by atoms with Crippen LogP contribution in [0.1, 0.15) is 38.8 Å². The predicted molar refractivity (Wildman–Crippen MR) is 68.6 cm³/mol. The van der Waals surface area contributed by atoms with Gasteiger partial charge in [-0.25, -0.2) is 4.98 Å². The minimum Gasteiger partial charge on any atom is -0.286 e. The quantitative estimate of drug-likeness (QED) is 0.758. The summed E-state index contributed by atoms with van der Waals surface area (Å²) in [4.78, 5) is 18.0. The van der Waals surface area contributed by atoms with Crippen molar-refractivity contribution in [3.63, 3.8) is 0 Å². The summed E-state index contributed by atoms with van der Waals surface area (Å²) >= 11 is 1.58. The second kappa shape index (κ2) is 4.41. The Morgan fingerprint density at radius 2 is 1.88 bits per heavy atom. The van der Waals surface area contributed by atoms with E-state index in [1.165, 1.54) is 17.7 Å². The summed E-state index contributed by atoms with van der Waals surface area (Å²) in [6.45, 7) is 0. The minimum absolute atomic E-state index is 0.0602. The Morgan fingerprint density at radius 1 is 1.12 bits per heavy atom. The lowest BCUT2D eigenvalue weighted by Crippen LogP contribution is -2.02. The van der Waals surface area contributed by atoms with Crippen LogP contribution >= 0.6 is 11.3 Å². The van der Waals surface area contributed by atoms with Gasteiger partial charge in [0.1, 0.15) is 0 Å². The lowest BCUT2D eigenvalue weighted by molar-refractivity contribution is 0.103. The lowest BCUT2D eigenvalue weighted by Gasteiger charge is -2.06. The highest BCUT2D eigenvalue weighted by Crippen LogP contribution is 2.27. The van der Waals surface area contributed by atoms with Crippen LogP contribution in [0.25, 0.3) is 0 Å². The first-order valence-corrected chi connectivity index (χ1v) is 6.74. The van der Waals surface area contributed by atoms with Crippen LogP contribution in [-0.2, 0) is 12.8 Å². The molecule has 0 spiro atoms. The summed E-state index contributed by atoms with van der Waals surface area (Å²) in [5.74, 6) is 0.0602. The van der Waals surface area contributed by atoms with Crippen LogP contribution in [0.4, 0.5) is 0 Å². The standard InChI is InChI=1S/C14H13NOS/c16-13(10-6-2-1-3-7-10)14-15-11-8-4-5-9-12(11)17-14/h1-3,6-7H,4-5,8-9H2. The Hall–Kier alpha value is -1.48. The van der Waals surface area contributed by atoms with Gasteiger partial charge >= 0.3 is 0 Å². The maximum Gasteiger partial charge on any atom is 0.221 e. The number of fused-ring (bicyclic) bond motifs is 1. The number of hydrogen-bond acceptors (Lipinski definition) is 3. The molecular weight excluding hydrogens is 230 g/mol. The number of nitrogens with zero attached hydrogens (tertiary/aromatic N) is 1. The Kier molecular flexibility index (Phi) is 2.77. The third kappa shape index (κ3) is 2.03. The zero-order valence-corrected chi connectivity index (χ0v) is 10.3. The van der Waals surface area contributed by atoms with Crippen molar-refractivity contribution in [1.29, 1.82) is 0 Å². The van der Waals surface area contributed by atoms with E-state index >= 15 is 0 Å². The topological polar surface area (TPSA) is 30.0 Å². The molecule has 1 heterocycles. The molecular formula is C14H13NOS. The van der Waals surface area contributed by atoms with E-state index in [0.717, 1.165) is 24.1 Å². The number of hydrogen-bond donors (Lipinski definition) is 0. The molecule has 2 aromatic rings. The Morgan fingerprint density at radius 3 is 2.65 bits per heavy atom. The summed E-state index contributed by atoms with van der Waals surface area (Å²) in [6.07, 6.45) is 4.56. The van der Waals surface area contributed by atoms with E-state index in [1.807, 2.05) is 30.3 Å². The van der Waals surface area contributed by atoms with E-state index in [0.29, 0.717) is 5.01 Å². The molecule has 0 N–H and O–H groups in total. The molecule has 0 bridgehead atoms. The molecule has 0 amide bonds. The average Bonchev–Trinajstić information content (AvgIpc) is 2.82. The molecule has 0 unspecified atom stereocenters. The molecule has 86 valence electrons. The monoisotopic (exact) mass is 243 g/mol. The van der Waals surface area contributed by atoms with Crippen LogP contribution in [0.15, 0.2) is 30.3 Å². The lowest BCUT2D eigenvalue weighted by atomic mass is 10.0. The molecule has 0 fully saturated rings. The minimum atomic E-state index is 0.0602. The average molecular weight is 243 g/mol. The SMILES string of the molecule is O=C(c1ccccc1)c1nc2c(s1)CCCC2. The molecule has 0 atom stereocenters. The number of aromatic nitrogens is 1. The molecule has 0 aliphatic heterocycles. The summed E-state index contributed by atoms with van der Waals surface area (Å²) in [6, 6.07) is 9.40. The summed E-state index contributed by atoms with van der Waals surface area (Å²) in [5, 5.41) is 0.656. The smallest absolute Gasteiger partial charge is 0.221 e. The van der Waals surface area contributed by atoms with Gasteiger partial charge in [0, 0.05) is 10.4 Å². The van der Waals surface area contributed by atoms with Crippen molar-refractivity contribution >= 4 is 17.1 Å². The first-order valence-electron chi connectivity index (χ1n) is 5.93. The second-order valence-corrected chi connectivity index (χ2v) is 5.37. The van der Waals surface area contributed by atoms with Crippen molar-refractivity contribution in [2.45, 2.75) is 25.7 Å². The fourth-order valence-electron chi connectivity index (χ4n) is 2.16. The van der Waals surface area contributed by atoms with Gasteiger partial charge in [-0.05, 0) is 25.7 Å². The molecule has 0 saturated carbocycles. The fourth-order valence-corrected chi connectivity index (χ4v) is 3.27. The Bertz CT molecular complexity index is 521. The van der Waals surface area contributed by atoms with Gasteiger partial charge in [-0.2, -0.15) is 0 Å². The third-order valence-electron chi connectivity index (χ3n) is 3.08. The highest BCUT2D eigenvalue weighted by molar-refractivity contribution is 7.14. The van der Waals surface area contributed by atoms with Gasteiger partial charge in [0.25, 0.3) is 0 Å². The van der Waals surface area contributed by atoms with Gasteiger partial charge in [-0.15, -0.1) is 11.3 Å². The third-order valence-corrected chi connectivity index (χ3v) is 4.23. The number of carbonyl (C=O) groups is 1. The van der Waals surface area contributed by atoms with Crippen LogP contribution in [0.5, 0.6) is 0 Å². The molecule has 1 aromatic carbocycles. The molecule has 1 aliphatic carbocycles. The van der Waals surface area contributed by atoms with Gasteiger partial charge in [0.15, 0.2) is 5.01 Å². The van der Waals surface area contributed by atoms with E-state index in [9.17, 15) is 4.79 Å². The highest BCUT2D eigenvalue weighted by Gasteiger charge is 2.19. The van der Waals surface area contributed by atoms with Crippen LogP contribution in [0, 0.1) is 0 Å². The Balaban J connectivity index is 1.94. The van der Waals surface area contributed by atoms with E-state index in [2.05, 4.69) is 4.98 Å². The van der Waals surface area contributed by atoms with E-state index in [-0.39, 0.29) is 5.78 Å². The van der Waals surface area contributed by atoms with Crippen LogP contribution in [0.3, 0.4) is 0 Å². The number of ketones is 1. The van der Waals surface area contributed by atoms with Crippen LogP contribution in [-0.4, -0.2) is 10.8 Å². The molecule has 0 saturated heterocycles. The highest BCUT2D eigenvalue weighted by atomic mass is 32.1. The van der Waals surface area contributed by atoms with Gasteiger partial charge in [-0.3, -0.25) is 4.79 Å². The maximum absolute atomic E-state index is 12.2.